The van der Waals surface area contributed by atoms with Crippen molar-refractivity contribution in [3.63, 3.8) is 0 Å². The van der Waals surface area contributed by atoms with Crippen molar-refractivity contribution in [2.75, 3.05) is 13.7 Å². The van der Waals surface area contributed by atoms with Crippen molar-refractivity contribution < 1.29 is 9.84 Å². The Balaban J connectivity index is 3.02. The molecular formula is C14H22O2. The first-order chi connectivity index (χ1) is 7.67. The van der Waals surface area contributed by atoms with Gasteiger partial charge in [-0.2, -0.15) is 0 Å². The van der Waals surface area contributed by atoms with Crippen molar-refractivity contribution in [1.29, 1.82) is 0 Å². The summed E-state index contributed by atoms with van der Waals surface area (Å²) in [5.74, 6) is 0.381. The normalized spacial score (nSPS) is 15.1. The van der Waals surface area contributed by atoms with Crippen molar-refractivity contribution in [2.24, 2.45) is 5.92 Å². The summed E-state index contributed by atoms with van der Waals surface area (Å²) < 4.78 is 5.78. The molecule has 1 aromatic rings. The van der Waals surface area contributed by atoms with Crippen LogP contribution in [0.25, 0.3) is 0 Å². The van der Waals surface area contributed by atoms with Gasteiger partial charge in [0.2, 0.25) is 0 Å². The molecule has 0 spiro atoms. The average molecular weight is 222 g/mol. The highest BCUT2D eigenvalue weighted by Gasteiger charge is 2.34. The molecule has 2 heteroatoms. The zero-order chi connectivity index (χ0) is 12.0. The van der Waals surface area contributed by atoms with E-state index in [0.717, 1.165) is 12.8 Å². The van der Waals surface area contributed by atoms with Crippen molar-refractivity contribution in [1.82, 2.24) is 0 Å². The number of benzene rings is 1. The number of rotatable bonds is 6. The number of methoxy groups -OCH3 is 1. The molecule has 0 amide bonds. The molecule has 0 fully saturated rings. The second-order valence-electron chi connectivity index (χ2n) is 4.44. The summed E-state index contributed by atoms with van der Waals surface area (Å²) in [6.07, 6.45) is 1.61. The lowest BCUT2D eigenvalue weighted by molar-refractivity contribution is -0.0640. The maximum atomic E-state index is 9.00. The number of hydrogen-bond donors (Lipinski definition) is 1. The fraction of sp³-hybridized carbons (Fsp3) is 0.571. The standard InChI is InChI=1S/C14H22O2/c1-12(2)14(16-3,10-7-11-15)13-8-5-4-6-9-13/h4-6,8-9,12,15H,7,10-11H2,1-3H3. The van der Waals surface area contributed by atoms with Crippen LogP contribution in [0.2, 0.25) is 0 Å². The van der Waals surface area contributed by atoms with Gasteiger partial charge in [0.25, 0.3) is 0 Å². The first-order valence-electron chi connectivity index (χ1n) is 5.89. The van der Waals surface area contributed by atoms with Crippen LogP contribution in [0.15, 0.2) is 30.3 Å². The molecule has 90 valence electrons. The van der Waals surface area contributed by atoms with Crippen molar-refractivity contribution in [3.05, 3.63) is 35.9 Å². The third-order valence-electron chi connectivity index (χ3n) is 3.27. The third kappa shape index (κ3) is 2.63. The van der Waals surface area contributed by atoms with Gasteiger partial charge in [0.05, 0.1) is 5.60 Å². The lowest BCUT2D eigenvalue weighted by Gasteiger charge is -2.37. The summed E-state index contributed by atoms with van der Waals surface area (Å²) in [5.41, 5.74) is 0.922. The molecule has 1 N–H and O–H groups in total. The molecule has 1 rings (SSSR count). The highest BCUT2D eigenvalue weighted by atomic mass is 16.5. The zero-order valence-corrected chi connectivity index (χ0v) is 10.4. The number of ether oxygens (including phenoxy) is 1. The molecule has 0 aliphatic carbocycles. The lowest BCUT2D eigenvalue weighted by atomic mass is 9.79. The Hall–Kier alpha value is -0.860. The van der Waals surface area contributed by atoms with Gasteiger partial charge in [-0.05, 0) is 24.3 Å². The molecule has 0 saturated carbocycles. The van der Waals surface area contributed by atoms with E-state index in [1.54, 1.807) is 7.11 Å². The topological polar surface area (TPSA) is 29.5 Å². The summed E-state index contributed by atoms with van der Waals surface area (Å²) >= 11 is 0. The fourth-order valence-electron chi connectivity index (χ4n) is 2.28. The number of hydrogen-bond acceptors (Lipinski definition) is 2. The Morgan fingerprint density at radius 2 is 1.88 bits per heavy atom. The molecule has 16 heavy (non-hydrogen) atoms. The molecular weight excluding hydrogens is 200 g/mol. The van der Waals surface area contributed by atoms with Crippen molar-refractivity contribution in [3.8, 4) is 0 Å². The van der Waals surface area contributed by atoms with Crippen LogP contribution in [0.4, 0.5) is 0 Å². The lowest BCUT2D eigenvalue weighted by Crippen LogP contribution is -2.34. The molecule has 1 aromatic carbocycles. The van der Waals surface area contributed by atoms with Crippen LogP contribution in [-0.4, -0.2) is 18.8 Å². The van der Waals surface area contributed by atoms with Gasteiger partial charge < -0.3 is 9.84 Å². The maximum absolute atomic E-state index is 9.00. The first kappa shape index (κ1) is 13.2. The molecule has 0 aromatic heterocycles. The largest absolute Gasteiger partial charge is 0.396 e. The van der Waals surface area contributed by atoms with Gasteiger partial charge in [0.1, 0.15) is 0 Å². The predicted molar refractivity (Wildman–Crippen MR) is 66.3 cm³/mol. The Labute approximate surface area is 98.3 Å². The van der Waals surface area contributed by atoms with Crippen molar-refractivity contribution >= 4 is 0 Å². The van der Waals surface area contributed by atoms with E-state index in [4.69, 9.17) is 9.84 Å². The van der Waals surface area contributed by atoms with Crippen LogP contribution in [0.5, 0.6) is 0 Å². The number of aliphatic hydroxyl groups excluding tert-OH is 1. The van der Waals surface area contributed by atoms with Crippen LogP contribution < -0.4 is 0 Å². The highest BCUT2D eigenvalue weighted by Crippen LogP contribution is 2.37. The highest BCUT2D eigenvalue weighted by molar-refractivity contribution is 5.23. The van der Waals surface area contributed by atoms with Crippen LogP contribution in [0.1, 0.15) is 32.3 Å². The molecule has 0 heterocycles. The van der Waals surface area contributed by atoms with Gasteiger partial charge in [-0.1, -0.05) is 44.2 Å². The molecule has 0 aliphatic rings. The maximum Gasteiger partial charge on any atom is 0.0951 e. The van der Waals surface area contributed by atoms with Gasteiger partial charge in [-0.25, -0.2) is 0 Å². The fourth-order valence-corrected chi connectivity index (χ4v) is 2.28. The van der Waals surface area contributed by atoms with E-state index < -0.39 is 0 Å². The zero-order valence-electron chi connectivity index (χ0n) is 10.4. The minimum Gasteiger partial charge on any atom is -0.396 e. The summed E-state index contributed by atoms with van der Waals surface area (Å²) in [6, 6.07) is 10.3. The quantitative estimate of drug-likeness (QED) is 0.802. The van der Waals surface area contributed by atoms with Crippen LogP contribution in [0.3, 0.4) is 0 Å². The molecule has 1 atom stereocenters. The Bertz CT molecular complexity index is 295. The first-order valence-corrected chi connectivity index (χ1v) is 5.89. The van der Waals surface area contributed by atoms with Gasteiger partial charge >= 0.3 is 0 Å². The summed E-state index contributed by atoms with van der Waals surface area (Å²) in [7, 11) is 1.75. The third-order valence-corrected chi connectivity index (χ3v) is 3.27. The van der Waals surface area contributed by atoms with E-state index >= 15 is 0 Å². The molecule has 0 radical (unpaired) electrons. The van der Waals surface area contributed by atoms with Gasteiger partial charge in [-0.3, -0.25) is 0 Å². The second-order valence-corrected chi connectivity index (χ2v) is 4.44. The molecule has 2 nitrogen and oxygen atoms in total. The summed E-state index contributed by atoms with van der Waals surface area (Å²) in [6.45, 7) is 4.53. The summed E-state index contributed by atoms with van der Waals surface area (Å²) in [5, 5.41) is 9.00. The molecule has 0 aliphatic heterocycles. The average Bonchev–Trinajstić information content (AvgIpc) is 2.31. The Morgan fingerprint density at radius 1 is 1.25 bits per heavy atom. The number of aliphatic hydroxyl groups is 1. The van der Waals surface area contributed by atoms with Gasteiger partial charge in [0.15, 0.2) is 0 Å². The molecule has 0 saturated heterocycles. The van der Waals surface area contributed by atoms with Gasteiger partial charge in [0, 0.05) is 13.7 Å². The smallest absolute Gasteiger partial charge is 0.0951 e. The van der Waals surface area contributed by atoms with E-state index in [1.807, 2.05) is 18.2 Å². The van der Waals surface area contributed by atoms with E-state index in [0.29, 0.717) is 5.92 Å². The molecule has 0 bridgehead atoms. The van der Waals surface area contributed by atoms with Crippen LogP contribution >= 0.6 is 0 Å². The minimum atomic E-state index is -0.274. The minimum absolute atomic E-state index is 0.213. The van der Waals surface area contributed by atoms with E-state index in [-0.39, 0.29) is 12.2 Å². The SMILES string of the molecule is COC(CCCO)(c1ccccc1)C(C)C. The van der Waals surface area contributed by atoms with Gasteiger partial charge in [-0.15, -0.1) is 0 Å². The van der Waals surface area contributed by atoms with E-state index in [2.05, 4.69) is 26.0 Å². The van der Waals surface area contributed by atoms with Crippen LogP contribution in [0, 0.1) is 5.92 Å². The second kappa shape index (κ2) is 6.02. The van der Waals surface area contributed by atoms with Crippen molar-refractivity contribution in [2.45, 2.75) is 32.3 Å². The van der Waals surface area contributed by atoms with Crippen LogP contribution in [-0.2, 0) is 10.3 Å². The molecule has 1 unspecified atom stereocenters. The monoisotopic (exact) mass is 222 g/mol. The predicted octanol–water partition coefficient (Wildman–Crippen LogP) is 2.96. The Kier molecular flexibility index (Phi) is 4.97. The summed E-state index contributed by atoms with van der Waals surface area (Å²) in [4.78, 5) is 0. The Morgan fingerprint density at radius 3 is 2.31 bits per heavy atom. The van der Waals surface area contributed by atoms with E-state index in [9.17, 15) is 0 Å². The van der Waals surface area contributed by atoms with E-state index in [1.165, 1.54) is 5.56 Å².